The van der Waals surface area contributed by atoms with Gasteiger partial charge in [-0.3, -0.25) is 4.79 Å². The molecular weight excluding hydrogens is 304 g/mol. The summed E-state index contributed by atoms with van der Waals surface area (Å²) in [7, 11) is 0. The molecule has 5 heteroatoms. The van der Waals surface area contributed by atoms with E-state index in [1.54, 1.807) is 11.8 Å². The largest absolute Gasteiger partial charge is 0.328 e. The van der Waals surface area contributed by atoms with Gasteiger partial charge in [0.2, 0.25) is 5.91 Å². The molecular formula is C16H23ClN2OS. The predicted molar refractivity (Wildman–Crippen MR) is 91.0 cm³/mol. The first-order chi connectivity index (χ1) is 9.97. The number of rotatable bonds is 4. The molecule has 1 aliphatic rings. The van der Waals surface area contributed by atoms with Crippen LogP contribution in [0.2, 0.25) is 5.02 Å². The molecule has 0 aromatic heterocycles. The molecule has 3 nitrogen and oxygen atoms in total. The highest BCUT2D eigenvalue weighted by Gasteiger charge is 2.26. The summed E-state index contributed by atoms with van der Waals surface area (Å²) in [4.78, 5) is 13.4. The fourth-order valence-corrected chi connectivity index (χ4v) is 3.87. The van der Waals surface area contributed by atoms with E-state index in [0.717, 1.165) is 36.3 Å². The van der Waals surface area contributed by atoms with Crippen molar-refractivity contribution in [3.05, 3.63) is 23.2 Å². The zero-order chi connectivity index (χ0) is 15.4. The molecule has 1 aliphatic carbocycles. The van der Waals surface area contributed by atoms with E-state index in [9.17, 15) is 4.79 Å². The molecule has 1 aromatic carbocycles. The second kappa shape index (κ2) is 7.52. The summed E-state index contributed by atoms with van der Waals surface area (Å²) in [6.07, 6.45) is 3.75. The minimum atomic E-state index is 0.0182. The van der Waals surface area contributed by atoms with E-state index in [1.807, 2.05) is 18.2 Å². The van der Waals surface area contributed by atoms with Crippen LogP contribution in [0.25, 0.3) is 0 Å². The SMILES string of the molecule is CC(C)Sc1c(Cl)cccc1NC(=O)C1CCCC(N)C1. The van der Waals surface area contributed by atoms with Crippen LogP contribution in [0.3, 0.4) is 0 Å². The Bertz CT molecular complexity index is 507. The van der Waals surface area contributed by atoms with Crippen LogP contribution < -0.4 is 11.1 Å². The van der Waals surface area contributed by atoms with Crippen LogP contribution in [0.1, 0.15) is 39.5 Å². The molecule has 21 heavy (non-hydrogen) atoms. The maximum atomic E-state index is 12.4. The number of nitrogens with one attached hydrogen (secondary N) is 1. The van der Waals surface area contributed by atoms with Gasteiger partial charge in [0, 0.05) is 22.1 Å². The van der Waals surface area contributed by atoms with Crippen LogP contribution in [0.5, 0.6) is 0 Å². The van der Waals surface area contributed by atoms with Gasteiger partial charge in [-0.05, 0) is 31.4 Å². The standard InChI is InChI=1S/C16H23ClN2OS/c1-10(2)21-15-13(17)7-4-8-14(15)19-16(20)11-5-3-6-12(18)9-11/h4,7-8,10-12H,3,5-6,9,18H2,1-2H3,(H,19,20). The highest BCUT2D eigenvalue weighted by molar-refractivity contribution is 8.00. The Morgan fingerprint density at radius 2 is 2.19 bits per heavy atom. The Kier molecular flexibility index (Phi) is 5.97. The van der Waals surface area contributed by atoms with Gasteiger partial charge in [-0.2, -0.15) is 0 Å². The van der Waals surface area contributed by atoms with Gasteiger partial charge >= 0.3 is 0 Å². The highest BCUT2D eigenvalue weighted by atomic mass is 35.5. The topological polar surface area (TPSA) is 55.1 Å². The third-order valence-electron chi connectivity index (χ3n) is 3.66. The van der Waals surface area contributed by atoms with Gasteiger partial charge in [0.25, 0.3) is 0 Å². The molecule has 2 atom stereocenters. The lowest BCUT2D eigenvalue weighted by molar-refractivity contribution is -0.120. The number of hydrogen-bond donors (Lipinski definition) is 2. The zero-order valence-corrected chi connectivity index (χ0v) is 14.1. The molecule has 1 saturated carbocycles. The quantitative estimate of drug-likeness (QED) is 0.811. The van der Waals surface area contributed by atoms with Crippen molar-refractivity contribution >= 4 is 35.0 Å². The van der Waals surface area contributed by atoms with Crippen LogP contribution in [-0.4, -0.2) is 17.2 Å². The summed E-state index contributed by atoms with van der Waals surface area (Å²) in [5.74, 6) is 0.0858. The van der Waals surface area contributed by atoms with Gasteiger partial charge in [0.05, 0.1) is 10.7 Å². The van der Waals surface area contributed by atoms with Crippen LogP contribution >= 0.6 is 23.4 Å². The highest BCUT2D eigenvalue weighted by Crippen LogP contribution is 2.37. The monoisotopic (exact) mass is 326 g/mol. The molecule has 2 unspecified atom stereocenters. The van der Waals surface area contributed by atoms with E-state index < -0.39 is 0 Å². The summed E-state index contributed by atoms with van der Waals surface area (Å²) in [6.45, 7) is 4.22. The summed E-state index contributed by atoms with van der Waals surface area (Å²) in [5.41, 5.74) is 6.78. The van der Waals surface area contributed by atoms with Crippen molar-refractivity contribution in [2.24, 2.45) is 11.7 Å². The minimum absolute atomic E-state index is 0.0182. The first kappa shape index (κ1) is 16.7. The maximum Gasteiger partial charge on any atom is 0.227 e. The van der Waals surface area contributed by atoms with E-state index >= 15 is 0 Å². The molecule has 0 radical (unpaired) electrons. The van der Waals surface area contributed by atoms with E-state index in [0.29, 0.717) is 10.3 Å². The molecule has 1 amide bonds. The normalized spacial score (nSPS) is 22.3. The van der Waals surface area contributed by atoms with Crippen LogP contribution in [0, 0.1) is 5.92 Å². The molecule has 0 bridgehead atoms. The molecule has 1 fully saturated rings. The molecule has 0 heterocycles. The number of anilines is 1. The van der Waals surface area contributed by atoms with E-state index in [2.05, 4.69) is 19.2 Å². The second-order valence-electron chi connectivity index (χ2n) is 5.90. The number of amides is 1. The molecule has 0 aliphatic heterocycles. The van der Waals surface area contributed by atoms with Gasteiger partial charge in [-0.1, -0.05) is 37.9 Å². The number of nitrogens with two attached hydrogens (primary N) is 1. The molecule has 1 aromatic rings. The Hall–Kier alpha value is -0.710. The average molecular weight is 327 g/mol. The predicted octanol–water partition coefficient (Wildman–Crippen LogP) is 4.30. The Balaban J connectivity index is 2.11. The van der Waals surface area contributed by atoms with Crippen molar-refractivity contribution in [1.82, 2.24) is 0 Å². The van der Waals surface area contributed by atoms with Gasteiger partial charge in [-0.25, -0.2) is 0 Å². The molecule has 116 valence electrons. The summed E-state index contributed by atoms with van der Waals surface area (Å²) in [5, 5.41) is 4.14. The Labute approximate surface area is 136 Å². The summed E-state index contributed by atoms with van der Waals surface area (Å²) in [6, 6.07) is 5.79. The van der Waals surface area contributed by atoms with Crippen molar-refractivity contribution in [2.45, 2.75) is 55.7 Å². The number of carbonyl (C=O) groups is 1. The first-order valence-electron chi connectivity index (χ1n) is 7.49. The third kappa shape index (κ3) is 4.63. The number of hydrogen-bond acceptors (Lipinski definition) is 3. The third-order valence-corrected chi connectivity index (χ3v) is 5.24. The first-order valence-corrected chi connectivity index (χ1v) is 8.74. The van der Waals surface area contributed by atoms with E-state index in [4.69, 9.17) is 17.3 Å². The van der Waals surface area contributed by atoms with Gasteiger partial charge in [-0.15, -0.1) is 11.8 Å². The van der Waals surface area contributed by atoms with Crippen molar-refractivity contribution < 1.29 is 4.79 Å². The zero-order valence-electron chi connectivity index (χ0n) is 12.6. The number of benzene rings is 1. The summed E-state index contributed by atoms with van der Waals surface area (Å²) < 4.78 is 0. The van der Waals surface area contributed by atoms with E-state index in [1.165, 1.54) is 0 Å². The smallest absolute Gasteiger partial charge is 0.227 e. The Morgan fingerprint density at radius 3 is 2.86 bits per heavy atom. The minimum Gasteiger partial charge on any atom is -0.328 e. The van der Waals surface area contributed by atoms with Crippen molar-refractivity contribution in [3.63, 3.8) is 0 Å². The molecule has 2 rings (SSSR count). The van der Waals surface area contributed by atoms with Crippen LogP contribution in [-0.2, 0) is 4.79 Å². The maximum absolute atomic E-state index is 12.4. The molecule has 3 N–H and O–H groups in total. The van der Waals surface area contributed by atoms with Crippen molar-refractivity contribution in [3.8, 4) is 0 Å². The van der Waals surface area contributed by atoms with Gasteiger partial charge in [0.1, 0.15) is 0 Å². The molecule has 0 spiro atoms. The fourth-order valence-electron chi connectivity index (χ4n) is 2.66. The van der Waals surface area contributed by atoms with Crippen LogP contribution in [0.15, 0.2) is 23.1 Å². The van der Waals surface area contributed by atoms with Gasteiger partial charge in [0.15, 0.2) is 0 Å². The Morgan fingerprint density at radius 1 is 1.43 bits per heavy atom. The van der Waals surface area contributed by atoms with E-state index in [-0.39, 0.29) is 17.9 Å². The number of thioether (sulfide) groups is 1. The lowest BCUT2D eigenvalue weighted by atomic mass is 9.85. The summed E-state index contributed by atoms with van der Waals surface area (Å²) >= 11 is 7.94. The van der Waals surface area contributed by atoms with Crippen LogP contribution in [0.4, 0.5) is 5.69 Å². The number of carbonyl (C=O) groups excluding carboxylic acids is 1. The second-order valence-corrected chi connectivity index (χ2v) is 7.89. The van der Waals surface area contributed by atoms with Gasteiger partial charge < -0.3 is 11.1 Å². The van der Waals surface area contributed by atoms with Crippen molar-refractivity contribution in [2.75, 3.05) is 5.32 Å². The molecule has 0 saturated heterocycles. The van der Waals surface area contributed by atoms with Crippen molar-refractivity contribution in [1.29, 1.82) is 0 Å². The lowest BCUT2D eigenvalue weighted by Crippen LogP contribution is -2.34. The fraction of sp³-hybridized carbons (Fsp3) is 0.562. The average Bonchev–Trinajstić information content (AvgIpc) is 2.42. The number of halogens is 1. The lowest BCUT2D eigenvalue weighted by Gasteiger charge is -2.26.